The maximum atomic E-state index is 13.0. The number of rotatable bonds is 4. The van der Waals surface area contributed by atoms with E-state index in [4.69, 9.17) is 5.73 Å². The summed E-state index contributed by atoms with van der Waals surface area (Å²) in [4.78, 5) is 8.29. The number of nitrogens with two attached hydrogens (primary N) is 1. The summed E-state index contributed by atoms with van der Waals surface area (Å²) in [5, 5.41) is 13.3. The first-order valence-electron chi connectivity index (χ1n) is 9.99. The molecular formula is C21H24F3N7. The molecule has 0 saturated carbocycles. The second-order valence-electron chi connectivity index (χ2n) is 7.78. The van der Waals surface area contributed by atoms with Crippen LogP contribution < -0.4 is 16.0 Å². The highest BCUT2D eigenvalue weighted by atomic mass is 19.4. The van der Waals surface area contributed by atoms with E-state index < -0.39 is 11.9 Å². The van der Waals surface area contributed by atoms with Crippen LogP contribution in [0.25, 0.3) is 10.8 Å². The first-order chi connectivity index (χ1) is 14.7. The lowest BCUT2D eigenvalue weighted by Crippen LogP contribution is -2.44. The molecule has 0 aliphatic carbocycles. The van der Waals surface area contributed by atoms with Gasteiger partial charge in [0.2, 0.25) is 0 Å². The van der Waals surface area contributed by atoms with Crippen LogP contribution in [0.5, 0.6) is 0 Å². The Kier molecular flexibility index (Phi) is 5.57. The molecule has 4 rings (SSSR count). The number of nitrogen functional groups attached to an aromatic ring is 1. The number of pyridine rings is 1. The van der Waals surface area contributed by atoms with E-state index in [1.807, 2.05) is 13.0 Å². The predicted molar refractivity (Wildman–Crippen MR) is 115 cm³/mol. The Morgan fingerprint density at radius 2 is 1.77 bits per heavy atom. The number of benzene rings is 1. The molecule has 1 aromatic carbocycles. The van der Waals surface area contributed by atoms with Gasteiger partial charge < -0.3 is 20.9 Å². The van der Waals surface area contributed by atoms with Crippen molar-refractivity contribution in [3.63, 3.8) is 0 Å². The standard InChI is InChI=1S/C21H24F3N7/c1-13-17-4-3-16(31-7-5-30(2)6-8-31)11-18(17)20(29-28-13)26-12-15-9-14(25)10-19(27-15)21(22,23)24/h3-4,9-11H,5-8,12H2,1-2H3,(H2,25,27)(H,26,29). The summed E-state index contributed by atoms with van der Waals surface area (Å²) >= 11 is 0. The Bertz CT molecular complexity index is 1090. The van der Waals surface area contributed by atoms with Crippen LogP contribution in [-0.2, 0) is 12.7 Å². The lowest BCUT2D eigenvalue weighted by molar-refractivity contribution is -0.141. The van der Waals surface area contributed by atoms with E-state index in [0.717, 1.165) is 54.4 Å². The molecule has 0 unspecified atom stereocenters. The Morgan fingerprint density at radius 1 is 1.03 bits per heavy atom. The summed E-state index contributed by atoms with van der Waals surface area (Å²) in [5.74, 6) is 0.495. The number of anilines is 3. The van der Waals surface area contributed by atoms with Gasteiger partial charge in [0.15, 0.2) is 5.82 Å². The lowest BCUT2D eigenvalue weighted by Gasteiger charge is -2.34. The van der Waals surface area contributed by atoms with Gasteiger partial charge in [0, 0.05) is 48.3 Å². The number of halogens is 3. The van der Waals surface area contributed by atoms with Gasteiger partial charge in [-0.3, -0.25) is 0 Å². The van der Waals surface area contributed by atoms with Crippen LogP contribution in [0.1, 0.15) is 17.1 Å². The monoisotopic (exact) mass is 431 g/mol. The number of hydrogen-bond acceptors (Lipinski definition) is 7. The topological polar surface area (TPSA) is 83.2 Å². The number of aromatic nitrogens is 3. The Morgan fingerprint density at radius 3 is 2.48 bits per heavy atom. The maximum absolute atomic E-state index is 13.0. The number of fused-ring (bicyclic) bond motifs is 1. The third-order valence-corrected chi connectivity index (χ3v) is 5.44. The Balaban J connectivity index is 1.62. The summed E-state index contributed by atoms with van der Waals surface area (Å²) in [5.41, 5.74) is 6.68. The molecule has 10 heteroatoms. The zero-order valence-corrected chi connectivity index (χ0v) is 17.4. The summed E-state index contributed by atoms with van der Waals surface area (Å²) in [6.07, 6.45) is -4.56. The second-order valence-corrected chi connectivity index (χ2v) is 7.78. The van der Waals surface area contributed by atoms with Crippen LogP contribution in [0.4, 0.5) is 30.4 Å². The molecule has 3 aromatic rings. The predicted octanol–water partition coefficient (Wildman–Crippen LogP) is 3.30. The van der Waals surface area contributed by atoms with Crippen LogP contribution in [0.3, 0.4) is 0 Å². The third kappa shape index (κ3) is 4.63. The van der Waals surface area contributed by atoms with Crippen molar-refractivity contribution in [1.29, 1.82) is 0 Å². The van der Waals surface area contributed by atoms with E-state index in [2.05, 4.69) is 49.5 Å². The molecule has 0 atom stereocenters. The van der Waals surface area contributed by atoms with Crippen LogP contribution in [0, 0.1) is 6.92 Å². The molecule has 164 valence electrons. The van der Waals surface area contributed by atoms with E-state index in [9.17, 15) is 13.2 Å². The minimum Gasteiger partial charge on any atom is -0.399 e. The average molecular weight is 431 g/mol. The van der Waals surface area contributed by atoms with Crippen molar-refractivity contribution in [3.05, 3.63) is 47.4 Å². The zero-order chi connectivity index (χ0) is 22.2. The van der Waals surface area contributed by atoms with Crippen molar-refractivity contribution in [2.45, 2.75) is 19.6 Å². The van der Waals surface area contributed by atoms with Crippen molar-refractivity contribution in [2.75, 3.05) is 49.2 Å². The fourth-order valence-corrected chi connectivity index (χ4v) is 3.69. The van der Waals surface area contributed by atoms with Crippen LogP contribution >= 0.6 is 0 Å². The molecule has 0 amide bonds. The third-order valence-electron chi connectivity index (χ3n) is 5.44. The molecule has 1 fully saturated rings. The van der Waals surface area contributed by atoms with Gasteiger partial charge in [-0.05, 0) is 38.2 Å². The molecule has 0 radical (unpaired) electrons. The SMILES string of the molecule is Cc1nnc(NCc2cc(N)cc(C(F)(F)F)n2)c2cc(N3CCN(C)CC3)ccc12. The number of nitrogens with one attached hydrogen (secondary N) is 1. The van der Waals surface area contributed by atoms with Crippen molar-refractivity contribution in [1.82, 2.24) is 20.1 Å². The summed E-state index contributed by atoms with van der Waals surface area (Å²) in [6, 6.07) is 8.38. The van der Waals surface area contributed by atoms with Crippen molar-refractivity contribution in [3.8, 4) is 0 Å². The summed E-state index contributed by atoms with van der Waals surface area (Å²) in [6.45, 7) is 5.74. The number of alkyl halides is 3. The van der Waals surface area contributed by atoms with Gasteiger partial charge in [-0.25, -0.2) is 4.98 Å². The van der Waals surface area contributed by atoms with Gasteiger partial charge in [0.05, 0.1) is 17.9 Å². The fraction of sp³-hybridized carbons (Fsp3) is 0.381. The molecule has 31 heavy (non-hydrogen) atoms. The van der Waals surface area contributed by atoms with Crippen LogP contribution in [-0.4, -0.2) is 53.3 Å². The molecule has 1 saturated heterocycles. The van der Waals surface area contributed by atoms with Crippen LogP contribution in [0.15, 0.2) is 30.3 Å². The number of piperazine rings is 1. The number of aryl methyl sites for hydroxylation is 1. The summed E-state index contributed by atoms with van der Waals surface area (Å²) in [7, 11) is 2.10. The quantitative estimate of drug-likeness (QED) is 0.656. The first-order valence-corrected chi connectivity index (χ1v) is 9.99. The smallest absolute Gasteiger partial charge is 0.399 e. The van der Waals surface area contributed by atoms with Gasteiger partial charge in [0.1, 0.15) is 5.69 Å². The molecule has 1 aliphatic heterocycles. The van der Waals surface area contributed by atoms with Gasteiger partial charge in [-0.15, -0.1) is 5.10 Å². The van der Waals surface area contributed by atoms with Crippen molar-refractivity contribution < 1.29 is 13.2 Å². The first kappa shape index (κ1) is 21.1. The van der Waals surface area contributed by atoms with E-state index in [1.54, 1.807) is 0 Å². The number of hydrogen-bond donors (Lipinski definition) is 2. The fourth-order valence-electron chi connectivity index (χ4n) is 3.69. The Hall–Kier alpha value is -3.14. The maximum Gasteiger partial charge on any atom is 0.433 e. The molecule has 0 spiro atoms. The highest BCUT2D eigenvalue weighted by Gasteiger charge is 2.33. The molecule has 2 aromatic heterocycles. The van der Waals surface area contributed by atoms with Crippen molar-refractivity contribution in [2.24, 2.45) is 0 Å². The Labute approximate surface area is 178 Å². The van der Waals surface area contributed by atoms with Crippen LogP contribution in [0.2, 0.25) is 0 Å². The zero-order valence-electron chi connectivity index (χ0n) is 17.4. The van der Waals surface area contributed by atoms with E-state index >= 15 is 0 Å². The highest BCUT2D eigenvalue weighted by molar-refractivity contribution is 5.95. The van der Waals surface area contributed by atoms with Gasteiger partial charge in [-0.2, -0.15) is 18.3 Å². The molecular weight excluding hydrogens is 407 g/mol. The lowest BCUT2D eigenvalue weighted by atomic mass is 10.1. The minimum absolute atomic E-state index is 0.0105. The molecule has 1 aliphatic rings. The molecule has 0 bridgehead atoms. The molecule has 7 nitrogen and oxygen atoms in total. The van der Waals surface area contributed by atoms with E-state index in [-0.39, 0.29) is 17.9 Å². The van der Waals surface area contributed by atoms with E-state index in [0.29, 0.717) is 5.82 Å². The minimum atomic E-state index is -4.56. The largest absolute Gasteiger partial charge is 0.433 e. The number of likely N-dealkylation sites (N-methyl/N-ethyl adjacent to an activating group) is 1. The number of nitrogens with zero attached hydrogens (tertiary/aromatic N) is 5. The van der Waals surface area contributed by atoms with Crippen molar-refractivity contribution >= 4 is 28.0 Å². The van der Waals surface area contributed by atoms with E-state index in [1.165, 1.54) is 6.07 Å². The van der Waals surface area contributed by atoms with Gasteiger partial charge in [0.25, 0.3) is 0 Å². The second kappa shape index (κ2) is 8.18. The van der Waals surface area contributed by atoms with Gasteiger partial charge in [-0.1, -0.05) is 6.07 Å². The summed E-state index contributed by atoms with van der Waals surface area (Å²) < 4.78 is 39.1. The highest BCUT2D eigenvalue weighted by Crippen LogP contribution is 2.31. The average Bonchev–Trinajstić information content (AvgIpc) is 2.72. The molecule has 3 heterocycles. The van der Waals surface area contributed by atoms with Gasteiger partial charge >= 0.3 is 6.18 Å². The molecule has 3 N–H and O–H groups in total. The normalized spacial score (nSPS) is 15.5.